The van der Waals surface area contributed by atoms with Crippen molar-refractivity contribution in [1.82, 2.24) is 4.98 Å². The molecule has 4 heteroatoms. The van der Waals surface area contributed by atoms with E-state index in [1.54, 1.807) is 11.5 Å². The zero-order chi connectivity index (χ0) is 9.84. The lowest BCUT2D eigenvalue weighted by Gasteiger charge is -1.96. The van der Waals surface area contributed by atoms with Gasteiger partial charge < -0.3 is 5.73 Å². The standard InChI is InChI=1S/C9H12N2OS/c1-3-4-8(12)7-5-13-9(11-7)6(2)10/h3,5-6H,1,4,10H2,2H3. The first-order valence-corrected chi connectivity index (χ1v) is 4.88. The Morgan fingerprint density at radius 3 is 3.08 bits per heavy atom. The van der Waals surface area contributed by atoms with Crippen molar-refractivity contribution in [2.75, 3.05) is 0 Å². The van der Waals surface area contributed by atoms with Gasteiger partial charge in [0.15, 0.2) is 5.78 Å². The zero-order valence-corrected chi connectivity index (χ0v) is 8.30. The second kappa shape index (κ2) is 4.30. The van der Waals surface area contributed by atoms with Crippen molar-refractivity contribution in [3.63, 3.8) is 0 Å². The first-order chi connectivity index (χ1) is 6.15. The quantitative estimate of drug-likeness (QED) is 0.591. The third-order valence-corrected chi connectivity index (χ3v) is 2.57. The summed E-state index contributed by atoms with van der Waals surface area (Å²) in [6.45, 7) is 5.35. The molecule has 13 heavy (non-hydrogen) atoms. The van der Waals surface area contributed by atoms with Gasteiger partial charge in [0.1, 0.15) is 10.7 Å². The highest BCUT2D eigenvalue weighted by Crippen LogP contribution is 2.16. The molecule has 1 atom stereocenters. The fraction of sp³-hybridized carbons (Fsp3) is 0.333. The Labute approximate surface area is 81.3 Å². The minimum absolute atomic E-state index is 0.00171. The number of nitrogens with two attached hydrogens (primary N) is 1. The molecule has 1 aromatic rings. The van der Waals surface area contributed by atoms with Gasteiger partial charge in [0, 0.05) is 11.8 Å². The van der Waals surface area contributed by atoms with Crippen LogP contribution in [0, 0.1) is 0 Å². The van der Waals surface area contributed by atoms with Gasteiger partial charge in [-0.15, -0.1) is 17.9 Å². The van der Waals surface area contributed by atoms with Gasteiger partial charge in [-0.05, 0) is 6.92 Å². The smallest absolute Gasteiger partial charge is 0.185 e. The molecule has 1 unspecified atom stereocenters. The maximum absolute atomic E-state index is 11.3. The maximum atomic E-state index is 11.3. The van der Waals surface area contributed by atoms with E-state index >= 15 is 0 Å². The average Bonchev–Trinajstić information content (AvgIpc) is 2.52. The predicted octanol–water partition coefficient (Wildman–Crippen LogP) is 1.92. The molecule has 1 heterocycles. The number of rotatable bonds is 4. The topological polar surface area (TPSA) is 56.0 Å². The number of ketones is 1. The van der Waals surface area contributed by atoms with Crippen molar-refractivity contribution in [2.45, 2.75) is 19.4 Å². The Kier molecular flexibility index (Phi) is 3.33. The van der Waals surface area contributed by atoms with Gasteiger partial charge in [-0.2, -0.15) is 0 Å². The lowest BCUT2D eigenvalue weighted by Crippen LogP contribution is -2.05. The molecule has 0 aromatic carbocycles. The van der Waals surface area contributed by atoms with Gasteiger partial charge >= 0.3 is 0 Å². The van der Waals surface area contributed by atoms with Crippen LogP contribution in [0.25, 0.3) is 0 Å². The molecule has 0 saturated carbocycles. The van der Waals surface area contributed by atoms with Crippen LogP contribution in [0.4, 0.5) is 0 Å². The first-order valence-electron chi connectivity index (χ1n) is 4.00. The van der Waals surface area contributed by atoms with E-state index in [4.69, 9.17) is 5.73 Å². The van der Waals surface area contributed by atoms with E-state index in [2.05, 4.69) is 11.6 Å². The number of thiazole rings is 1. The molecule has 0 radical (unpaired) electrons. The van der Waals surface area contributed by atoms with Crippen molar-refractivity contribution in [3.05, 3.63) is 28.7 Å². The number of Topliss-reactive ketones (excluding diaryl/α,β-unsaturated/α-hetero) is 1. The van der Waals surface area contributed by atoms with Crippen molar-refractivity contribution in [3.8, 4) is 0 Å². The van der Waals surface area contributed by atoms with Gasteiger partial charge in [0.05, 0.1) is 6.04 Å². The first kappa shape index (κ1) is 10.1. The SMILES string of the molecule is C=CCC(=O)c1csc(C(C)N)n1. The Morgan fingerprint density at radius 2 is 2.62 bits per heavy atom. The van der Waals surface area contributed by atoms with Gasteiger partial charge in [-0.25, -0.2) is 4.98 Å². The number of carbonyl (C=O) groups excluding carboxylic acids is 1. The fourth-order valence-corrected chi connectivity index (χ4v) is 1.64. The van der Waals surface area contributed by atoms with Gasteiger partial charge in [-0.3, -0.25) is 4.79 Å². The summed E-state index contributed by atoms with van der Waals surface area (Å²) >= 11 is 1.42. The third kappa shape index (κ3) is 2.47. The highest BCUT2D eigenvalue weighted by Gasteiger charge is 2.10. The number of aromatic nitrogens is 1. The second-order valence-corrected chi connectivity index (χ2v) is 3.67. The Bertz CT molecular complexity index is 317. The second-order valence-electron chi connectivity index (χ2n) is 2.78. The summed E-state index contributed by atoms with van der Waals surface area (Å²) in [6.07, 6.45) is 1.91. The zero-order valence-electron chi connectivity index (χ0n) is 7.49. The molecule has 1 rings (SSSR count). The van der Waals surface area contributed by atoms with Crippen LogP contribution in [0.15, 0.2) is 18.0 Å². The van der Waals surface area contributed by atoms with Crippen LogP contribution in [0.1, 0.15) is 34.9 Å². The number of hydrogen-bond acceptors (Lipinski definition) is 4. The van der Waals surface area contributed by atoms with Crippen molar-refractivity contribution in [1.29, 1.82) is 0 Å². The highest BCUT2D eigenvalue weighted by molar-refractivity contribution is 7.09. The molecule has 70 valence electrons. The molecule has 0 aliphatic rings. The van der Waals surface area contributed by atoms with E-state index in [0.29, 0.717) is 12.1 Å². The molecule has 1 aromatic heterocycles. The third-order valence-electron chi connectivity index (χ3n) is 1.53. The molecule has 0 aliphatic carbocycles. The Hall–Kier alpha value is -1.00. The molecule has 0 spiro atoms. The molecule has 0 bridgehead atoms. The number of allylic oxidation sites excluding steroid dienone is 1. The largest absolute Gasteiger partial charge is 0.322 e. The van der Waals surface area contributed by atoms with E-state index in [9.17, 15) is 4.79 Å². The average molecular weight is 196 g/mol. The molecule has 0 fully saturated rings. The van der Waals surface area contributed by atoms with E-state index < -0.39 is 0 Å². The minimum atomic E-state index is -0.102. The summed E-state index contributed by atoms with van der Waals surface area (Å²) in [5, 5.41) is 2.54. The molecule has 3 nitrogen and oxygen atoms in total. The van der Waals surface area contributed by atoms with Crippen LogP contribution in [0.2, 0.25) is 0 Å². The fourth-order valence-electron chi connectivity index (χ4n) is 0.860. The summed E-state index contributed by atoms with van der Waals surface area (Å²) in [5.74, 6) is -0.00171. The molecular weight excluding hydrogens is 184 g/mol. The molecule has 0 amide bonds. The van der Waals surface area contributed by atoms with E-state index in [-0.39, 0.29) is 11.8 Å². The van der Waals surface area contributed by atoms with Crippen LogP contribution >= 0.6 is 11.3 Å². The van der Waals surface area contributed by atoms with Crippen molar-refractivity contribution >= 4 is 17.1 Å². The molecule has 2 N–H and O–H groups in total. The van der Waals surface area contributed by atoms with Crippen LogP contribution in [-0.2, 0) is 0 Å². The van der Waals surface area contributed by atoms with Crippen LogP contribution < -0.4 is 5.73 Å². The molecule has 0 aliphatic heterocycles. The summed E-state index contributed by atoms with van der Waals surface area (Å²) in [6, 6.07) is -0.102. The van der Waals surface area contributed by atoms with Crippen LogP contribution in [0.5, 0.6) is 0 Å². The molecular formula is C9H12N2OS. The van der Waals surface area contributed by atoms with Gasteiger partial charge in [0.2, 0.25) is 0 Å². The summed E-state index contributed by atoms with van der Waals surface area (Å²) < 4.78 is 0. The number of nitrogens with zero attached hydrogens (tertiary/aromatic N) is 1. The van der Waals surface area contributed by atoms with Gasteiger partial charge in [-0.1, -0.05) is 6.08 Å². The lowest BCUT2D eigenvalue weighted by atomic mass is 10.2. The van der Waals surface area contributed by atoms with Crippen LogP contribution in [-0.4, -0.2) is 10.8 Å². The number of hydrogen-bond donors (Lipinski definition) is 1. The van der Waals surface area contributed by atoms with E-state index in [1.807, 2.05) is 6.92 Å². The Balaban J connectivity index is 2.79. The maximum Gasteiger partial charge on any atom is 0.185 e. The predicted molar refractivity (Wildman–Crippen MR) is 53.9 cm³/mol. The van der Waals surface area contributed by atoms with Crippen LogP contribution in [0.3, 0.4) is 0 Å². The van der Waals surface area contributed by atoms with Gasteiger partial charge in [0.25, 0.3) is 0 Å². The monoisotopic (exact) mass is 196 g/mol. The van der Waals surface area contributed by atoms with E-state index in [0.717, 1.165) is 5.01 Å². The molecule has 0 saturated heterocycles. The highest BCUT2D eigenvalue weighted by atomic mass is 32.1. The van der Waals surface area contributed by atoms with Crippen molar-refractivity contribution in [2.24, 2.45) is 5.73 Å². The van der Waals surface area contributed by atoms with E-state index in [1.165, 1.54) is 11.3 Å². The summed E-state index contributed by atoms with van der Waals surface area (Å²) in [7, 11) is 0. The number of carbonyl (C=O) groups is 1. The van der Waals surface area contributed by atoms with Crippen molar-refractivity contribution < 1.29 is 4.79 Å². The normalized spacial score (nSPS) is 12.5. The lowest BCUT2D eigenvalue weighted by molar-refractivity contribution is 0.0991. The minimum Gasteiger partial charge on any atom is -0.322 e. The Morgan fingerprint density at radius 1 is 1.92 bits per heavy atom. The summed E-state index contributed by atoms with van der Waals surface area (Å²) in [4.78, 5) is 15.4. The summed E-state index contributed by atoms with van der Waals surface area (Å²) in [5.41, 5.74) is 6.12.